The van der Waals surface area contributed by atoms with Gasteiger partial charge in [0.25, 0.3) is 0 Å². The molecule has 0 spiro atoms. The normalized spacial score (nSPS) is 2.73. The largest absolute Gasteiger partial charge is 0.412 e. The molecule has 0 saturated heterocycles. The van der Waals surface area contributed by atoms with Crippen LogP contribution < -0.4 is 0 Å². The van der Waals surface area contributed by atoms with E-state index in [1.165, 1.54) is 0 Å². The summed E-state index contributed by atoms with van der Waals surface area (Å²) in [6.45, 7) is 1.93. The van der Waals surface area contributed by atoms with Crippen LogP contribution in [0.25, 0.3) is 0 Å². The van der Waals surface area contributed by atoms with Crippen molar-refractivity contribution in [1.29, 1.82) is 0 Å². The fraction of sp³-hybridized carbons (Fsp3) is 1.00. The molecule has 0 heterocycles. The minimum Gasteiger partial charge on any atom is -0.412 e. The van der Waals surface area contributed by atoms with Gasteiger partial charge in [0.05, 0.1) is 0 Å². The van der Waals surface area contributed by atoms with E-state index in [1.54, 1.807) is 6.92 Å². The Bertz CT molecular complexity index is 10.4. The van der Waals surface area contributed by atoms with Gasteiger partial charge in [-0.25, -0.2) is 0 Å². The van der Waals surface area contributed by atoms with Crippen molar-refractivity contribution in [3.8, 4) is 0 Å². The van der Waals surface area contributed by atoms with Gasteiger partial charge in [0.2, 0.25) is 0 Å². The van der Waals surface area contributed by atoms with Crippen LogP contribution in [0.1, 0.15) is 6.92 Å². The highest BCUT2D eigenvalue weighted by Crippen LogP contribution is 1.30. The summed E-state index contributed by atoms with van der Waals surface area (Å²) in [6.07, 6.45) is 0. The zero-order valence-corrected chi connectivity index (χ0v) is 7.05. The van der Waals surface area contributed by atoms with Crippen LogP contribution in [0.4, 0.5) is 0 Å². The first-order valence-electron chi connectivity index (χ1n) is 1.92. The van der Waals surface area contributed by atoms with Crippen LogP contribution in [-0.2, 0) is 0 Å². The van der Waals surface area contributed by atoms with Crippen LogP contribution in [0.2, 0.25) is 0 Å². The lowest BCUT2D eigenvalue weighted by atomic mass is 10.9. The van der Waals surface area contributed by atoms with E-state index < -0.39 is 0 Å². The Kier molecular flexibility index (Phi) is 9490. The molecule has 0 rings (SSSR count). The summed E-state index contributed by atoms with van der Waals surface area (Å²) >= 11 is 0. The summed E-state index contributed by atoms with van der Waals surface area (Å²) in [5.41, 5.74) is 0. The Morgan fingerprint density at radius 2 is 0.727 bits per heavy atom. The second-order valence-electron chi connectivity index (χ2n) is 0.316. The monoisotopic (exact) mass is 182 g/mol. The molecule has 0 bridgehead atoms. The lowest BCUT2D eigenvalue weighted by molar-refractivity contribution is 0.318. The van der Waals surface area contributed by atoms with Crippen LogP contribution in [0.5, 0.6) is 0 Å². The third-order valence-electron chi connectivity index (χ3n) is 0. The summed E-state index contributed by atoms with van der Waals surface area (Å²) in [7, 11) is 2.00. The molecule has 0 aromatic heterocycles. The summed E-state index contributed by atoms with van der Waals surface area (Å²) in [4.78, 5) is 0. The lowest BCUT2D eigenvalue weighted by Gasteiger charge is -1.52. The standard InChI is InChI=1S/C2H6O.2CH4O.4H2O/c1-2-3;2*1-2;;;;/h3H,2H2,1H3;2*2H,1H3;4*1H2. The molecular formula is C4H22O7. The van der Waals surface area contributed by atoms with Crippen molar-refractivity contribution in [2.75, 3.05) is 20.8 Å². The highest BCUT2D eigenvalue weighted by Gasteiger charge is 1.34. The maximum atomic E-state index is 7.57. The molecule has 7 heteroatoms. The molecule has 80 valence electrons. The van der Waals surface area contributed by atoms with E-state index in [-0.39, 0.29) is 28.5 Å². The van der Waals surface area contributed by atoms with Crippen molar-refractivity contribution in [2.45, 2.75) is 6.92 Å². The predicted octanol–water partition coefficient (Wildman–Crippen LogP) is -4.08. The minimum absolute atomic E-state index is 0. The highest BCUT2D eigenvalue weighted by molar-refractivity contribution is 3.84. The molecular weight excluding hydrogens is 160 g/mol. The Labute approximate surface area is 66.2 Å². The number of hydrogen-bond acceptors (Lipinski definition) is 3. The number of hydrogen-bond donors (Lipinski definition) is 3. The predicted molar refractivity (Wildman–Crippen MR) is 43.5 cm³/mol. The molecule has 0 aromatic rings. The topological polar surface area (TPSA) is 187 Å². The first-order valence-corrected chi connectivity index (χ1v) is 1.92. The van der Waals surface area contributed by atoms with Gasteiger partial charge in [0, 0.05) is 20.8 Å². The van der Waals surface area contributed by atoms with E-state index in [1.807, 2.05) is 0 Å². The smallest absolute Gasteiger partial charge is 0.0402 e. The third-order valence-corrected chi connectivity index (χ3v) is 0. The van der Waals surface area contributed by atoms with E-state index in [2.05, 4.69) is 0 Å². The van der Waals surface area contributed by atoms with Crippen molar-refractivity contribution in [2.24, 2.45) is 0 Å². The number of rotatable bonds is 0. The molecule has 0 saturated carbocycles. The molecule has 0 aliphatic carbocycles. The van der Waals surface area contributed by atoms with Crippen LogP contribution >= 0.6 is 0 Å². The van der Waals surface area contributed by atoms with Crippen LogP contribution in [0.15, 0.2) is 0 Å². The van der Waals surface area contributed by atoms with E-state index in [0.29, 0.717) is 0 Å². The first kappa shape index (κ1) is 73.2. The van der Waals surface area contributed by atoms with Crippen LogP contribution in [0, 0.1) is 0 Å². The van der Waals surface area contributed by atoms with Crippen molar-refractivity contribution >= 4 is 0 Å². The molecule has 0 unspecified atom stereocenters. The van der Waals surface area contributed by atoms with Crippen molar-refractivity contribution in [3.63, 3.8) is 0 Å². The average Bonchev–Trinajstić information content (AvgIpc) is 1.78. The molecule has 0 radical (unpaired) electrons. The Morgan fingerprint density at radius 1 is 0.727 bits per heavy atom. The molecule has 0 amide bonds. The van der Waals surface area contributed by atoms with Gasteiger partial charge in [0.1, 0.15) is 0 Å². The minimum atomic E-state index is 0. The van der Waals surface area contributed by atoms with Crippen LogP contribution in [0.3, 0.4) is 0 Å². The van der Waals surface area contributed by atoms with Crippen molar-refractivity contribution in [1.82, 2.24) is 0 Å². The van der Waals surface area contributed by atoms with Crippen molar-refractivity contribution < 1.29 is 37.2 Å². The number of aliphatic hydroxyl groups is 3. The zero-order chi connectivity index (χ0) is 6.71. The van der Waals surface area contributed by atoms with Gasteiger partial charge in [-0.3, -0.25) is 0 Å². The molecule has 7 nitrogen and oxygen atoms in total. The molecule has 11 N–H and O–H groups in total. The van der Waals surface area contributed by atoms with E-state index in [4.69, 9.17) is 15.3 Å². The van der Waals surface area contributed by atoms with Gasteiger partial charge in [-0.2, -0.15) is 0 Å². The molecule has 0 aliphatic rings. The molecule has 11 heavy (non-hydrogen) atoms. The summed E-state index contributed by atoms with van der Waals surface area (Å²) in [6, 6.07) is 0. The maximum absolute atomic E-state index is 7.57. The average molecular weight is 182 g/mol. The number of aliphatic hydroxyl groups excluding tert-OH is 3. The Morgan fingerprint density at radius 3 is 0.727 bits per heavy atom. The van der Waals surface area contributed by atoms with Gasteiger partial charge >= 0.3 is 0 Å². The molecule has 0 aromatic carbocycles. The fourth-order valence-electron chi connectivity index (χ4n) is 0. The highest BCUT2D eigenvalue weighted by atomic mass is 16.2. The van der Waals surface area contributed by atoms with Crippen molar-refractivity contribution in [3.05, 3.63) is 0 Å². The van der Waals surface area contributed by atoms with E-state index in [9.17, 15) is 0 Å². The Balaban J connectivity index is -0.00000000378. The Hall–Kier alpha value is -0.280. The SMILES string of the molecule is CCO.CO.CO.O.O.O.O. The first-order chi connectivity index (χ1) is 3.41. The summed E-state index contributed by atoms with van der Waals surface area (Å²) < 4.78 is 0. The summed E-state index contributed by atoms with van der Waals surface area (Å²) in [5.74, 6) is 0. The van der Waals surface area contributed by atoms with Gasteiger partial charge < -0.3 is 37.2 Å². The van der Waals surface area contributed by atoms with Gasteiger partial charge in [-0.1, -0.05) is 0 Å². The molecule has 0 atom stereocenters. The van der Waals surface area contributed by atoms with Crippen LogP contribution in [-0.4, -0.2) is 58.1 Å². The molecule has 0 aliphatic heterocycles. The zero-order valence-electron chi connectivity index (χ0n) is 7.05. The summed E-state index contributed by atoms with van der Waals surface area (Å²) in [5, 5.41) is 21.6. The maximum Gasteiger partial charge on any atom is 0.0402 e. The van der Waals surface area contributed by atoms with Gasteiger partial charge in [0.15, 0.2) is 0 Å². The van der Waals surface area contributed by atoms with E-state index >= 15 is 0 Å². The fourth-order valence-corrected chi connectivity index (χ4v) is 0. The lowest BCUT2D eigenvalue weighted by Crippen LogP contribution is -1.57. The van der Waals surface area contributed by atoms with Gasteiger partial charge in [-0.05, 0) is 6.92 Å². The third kappa shape index (κ3) is 7390. The van der Waals surface area contributed by atoms with E-state index in [0.717, 1.165) is 14.2 Å². The van der Waals surface area contributed by atoms with Gasteiger partial charge in [-0.15, -0.1) is 0 Å². The quantitative estimate of drug-likeness (QED) is 0.344. The molecule has 0 fully saturated rings. The second-order valence-corrected chi connectivity index (χ2v) is 0.316. The second kappa shape index (κ2) is 1430.